The number of para-hydroxylation sites is 1. The lowest BCUT2D eigenvalue weighted by molar-refractivity contribution is 0.392. The van der Waals surface area contributed by atoms with E-state index in [1.807, 2.05) is 45.9 Å². The molecule has 0 aliphatic heterocycles. The second kappa shape index (κ2) is 6.64. The number of aryl methyl sites for hydroxylation is 4. The highest BCUT2D eigenvalue weighted by Crippen LogP contribution is 2.20. The van der Waals surface area contributed by atoms with Gasteiger partial charge < -0.3 is 4.52 Å². The highest BCUT2D eigenvalue weighted by molar-refractivity contribution is 7.83. The summed E-state index contributed by atoms with van der Waals surface area (Å²) in [6.07, 6.45) is 0. The molecular formula is C16H19N5O2S. The van der Waals surface area contributed by atoms with Crippen LogP contribution in [0.3, 0.4) is 0 Å². The highest BCUT2D eigenvalue weighted by atomic mass is 32.2. The number of nitrogens with zero attached hydrogens (tertiary/aromatic N) is 5. The van der Waals surface area contributed by atoms with Gasteiger partial charge in [0.2, 0.25) is 0 Å². The van der Waals surface area contributed by atoms with E-state index < -0.39 is 10.8 Å². The van der Waals surface area contributed by atoms with Crippen molar-refractivity contribution in [2.75, 3.05) is 0 Å². The molecule has 8 heteroatoms. The van der Waals surface area contributed by atoms with Gasteiger partial charge in [-0.3, -0.25) is 4.21 Å². The molecule has 0 radical (unpaired) electrons. The average molecular weight is 345 g/mol. The number of hydrogen-bond donors (Lipinski definition) is 0. The van der Waals surface area contributed by atoms with E-state index in [2.05, 4.69) is 20.7 Å². The molecule has 0 spiro atoms. The molecule has 3 rings (SSSR count). The zero-order valence-corrected chi connectivity index (χ0v) is 14.9. The second-order valence-electron chi connectivity index (χ2n) is 5.78. The molecule has 7 nitrogen and oxygen atoms in total. The van der Waals surface area contributed by atoms with Gasteiger partial charge in [0, 0.05) is 16.4 Å². The zero-order chi connectivity index (χ0) is 17.3. The Morgan fingerprint density at radius 1 is 1.12 bits per heavy atom. The Labute approximate surface area is 142 Å². The molecule has 0 aliphatic carbocycles. The molecule has 0 bridgehead atoms. The van der Waals surface area contributed by atoms with Crippen molar-refractivity contribution in [3.8, 4) is 5.69 Å². The van der Waals surface area contributed by atoms with Crippen molar-refractivity contribution in [3.63, 3.8) is 0 Å². The molecular weight excluding hydrogens is 326 g/mol. The third-order valence-corrected chi connectivity index (χ3v) is 5.15. The van der Waals surface area contributed by atoms with E-state index in [1.165, 1.54) is 0 Å². The zero-order valence-electron chi connectivity index (χ0n) is 14.1. The first-order valence-electron chi connectivity index (χ1n) is 7.58. The number of benzene rings is 1. The smallest absolute Gasteiger partial charge is 0.169 e. The van der Waals surface area contributed by atoms with Crippen molar-refractivity contribution in [1.29, 1.82) is 0 Å². The largest absolute Gasteiger partial charge is 0.361 e. The van der Waals surface area contributed by atoms with Crippen LogP contribution in [-0.4, -0.2) is 29.6 Å². The first kappa shape index (κ1) is 16.5. The first-order valence-corrected chi connectivity index (χ1v) is 9.06. The molecule has 0 unspecified atom stereocenters. The Morgan fingerprint density at radius 3 is 2.46 bits per heavy atom. The van der Waals surface area contributed by atoms with Crippen molar-refractivity contribution in [2.45, 2.75) is 39.2 Å². The maximum atomic E-state index is 12.6. The number of rotatable bonds is 5. The van der Waals surface area contributed by atoms with Crippen LogP contribution in [0.25, 0.3) is 5.69 Å². The van der Waals surface area contributed by atoms with Crippen LogP contribution in [0.4, 0.5) is 0 Å². The maximum absolute atomic E-state index is 12.6. The maximum Gasteiger partial charge on any atom is 0.169 e. The summed E-state index contributed by atoms with van der Waals surface area (Å²) in [7, 11) is -1.16. The molecule has 2 heterocycles. The van der Waals surface area contributed by atoms with Gasteiger partial charge in [-0.25, -0.2) is 0 Å². The van der Waals surface area contributed by atoms with Crippen LogP contribution < -0.4 is 0 Å². The van der Waals surface area contributed by atoms with Gasteiger partial charge in [-0.1, -0.05) is 23.4 Å². The third kappa shape index (κ3) is 3.14. The number of hydrogen-bond acceptors (Lipinski definition) is 6. The van der Waals surface area contributed by atoms with Crippen molar-refractivity contribution in [1.82, 2.24) is 25.4 Å². The predicted molar refractivity (Wildman–Crippen MR) is 90.2 cm³/mol. The van der Waals surface area contributed by atoms with E-state index in [1.54, 1.807) is 4.68 Å². The molecule has 0 fully saturated rings. The summed E-state index contributed by atoms with van der Waals surface area (Å²) in [5, 5.41) is 15.8. The van der Waals surface area contributed by atoms with Crippen molar-refractivity contribution < 1.29 is 8.73 Å². The third-order valence-electron chi connectivity index (χ3n) is 3.96. The SMILES string of the molecule is Cc1cccc(C)c1-n1nnnc1C[S@@](=O)Cc1c(C)noc1C. The van der Waals surface area contributed by atoms with Crippen molar-refractivity contribution >= 4 is 10.8 Å². The van der Waals surface area contributed by atoms with Crippen molar-refractivity contribution in [2.24, 2.45) is 0 Å². The summed E-state index contributed by atoms with van der Waals surface area (Å²) in [6, 6.07) is 6.01. The normalized spacial score (nSPS) is 12.5. The fourth-order valence-corrected chi connectivity index (χ4v) is 3.98. The molecule has 126 valence electrons. The van der Waals surface area contributed by atoms with Crippen LogP contribution in [-0.2, 0) is 22.3 Å². The van der Waals surface area contributed by atoms with Gasteiger partial charge in [-0.2, -0.15) is 4.68 Å². The van der Waals surface area contributed by atoms with Gasteiger partial charge in [0.25, 0.3) is 0 Å². The lowest BCUT2D eigenvalue weighted by Crippen LogP contribution is -2.10. The standard InChI is InChI=1S/C16H19N5O2S/c1-10-6-5-7-11(2)16(10)21-15(17-19-20-21)9-24(22)8-14-12(3)18-23-13(14)4/h5-7H,8-9H2,1-4H3/t24-/m0/s1. The topological polar surface area (TPSA) is 86.7 Å². The molecule has 0 aliphatic rings. The van der Waals surface area contributed by atoms with Gasteiger partial charge in [-0.05, 0) is 49.2 Å². The first-order chi connectivity index (χ1) is 11.5. The van der Waals surface area contributed by atoms with Gasteiger partial charge in [0.1, 0.15) is 5.76 Å². The second-order valence-corrected chi connectivity index (χ2v) is 7.24. The van der Waals surface area contributed by atoms with E-state index in [9.17, 15) is 4.21 Å². The van der Waals surface area contributed by atoms with E-state index in [0.29, 0.717) is 17.3 Å². The van der Waals surface area contributed by atoms with Crippen LogP contribution in [0, 0.1) is 27.7 Å². The van der Waals surface area contributed by atoms with Crippen molar-refractivity contribution in [3.05, 3.63) is 52.2 Å². The Bertz CT molecular complexity index is 860. The Hall–Kier alpha value is -2.35. The summed E-state index contributed by atoms with van der Waals surface area (Å²) in [4.78, 5) is 0. The molecule has 1 aromatic carbocycles. The minimum absolute atomic E-state index is 0.269. The van der Waals surface area contributed by atoms with Crippen LogP contribution in [0.1, 0.15) is 34.0 Å². The molecule has 0 amide bonds. The van der Waals surface area contributed by atoms with Gasteiger partial charge in [-0.15, -0.1) is 5.10 Å². The molecule has 2 aromatic heterocycles. The lowest BCUT2D eigenvalue weighted by atomic mass is 10.1. The number of aromatic nitrogens is 5. The minimum Gasteiger partial charge on any atom is -0.361 e. The quantitative estimate of drug-likeness (QED) is 0.705. The Balaban J connectivity index is 1.85. The fourth-order valence-electron chi connectivity index (χ4n) is 2.67. The van der Waals surface area contributed by atoms with Crippen LogP contribution in [0.15, 0.2) is 22.7 Å². The summed E-state index contributed by atoms with van der Waals surface area (Å²) < 4.78 is 19.4. The van der Waals surface area contributed by atoms with E-state index in [0.717, 1.165) is 28.1 Å². The molecule has 1 atom stereocenters. The summed E-state index contributed by atoms with van der Waals surface area (Å²) >= 11 is 0. The molecule has 24 heavy (non-hydrogen) atoms. The molecule has 0 saturated heterocycles. The van der Waals surface area contributed by atoms with Crippen LogP contribution in [0.5, 0.6) is 0 Å². The highest BCUT2D eigenvalue weighted by Gasteiger charge is 2.18. The van der Waals surface area contributed by atoms with Gasteiger partial charge >= 0.3 is 0 Å². The van der Waals surface area contributed by atoms with Gasteiger partial charge in [0.15, 0.2) is 5.82 Å². The monoisotopic (exact) mass is 345 g/mol. The minimum atomic E-state index is -1.16. The Kier molecular flexibility index (Phi) is 4.57. The van der Waals surface area contributed by atoms with Gasteiger partial charge in [0.05, 0.1) is 22.9 Å². The predicted octanol–water partition coefficient (Wildman–Crippen LogP) is 2.33. The fraction of sp³-hybridized carbons (Fsp3) is 0.375. The van der Waals surface area contributed by atoms with Crippen LogP contribution in [0.2, 0.25) is 0 Å². The molecule has 0 saturated carbocycles. The lowest BCUT2D eigenvalue weighted by Gasteiger charge is -2.10. The summed E-state index contributed by atoms with van der Waals surface area (Å²) in [6.45, 7) is 7.69. The van der Waals surface area contributed by atoms with Crippen LogP contribution >= 0.6 is 0 Å². The van der Waals surface area contributed by atoms with E-state index >= 15 is 0 Å². The molecule has 0 N–H and O–H groups in total. The Morgan fingerprint density at radius 2 is 1.83 bits per heavy atom. The van der Waals surface area contributed by atoms with E-state index in [-0.39, 0.29) is 5.75 Å². The summed E-state index contributed by atoms with van der Waals surface area (Å²) in [5.41, 5.74) is 4.74. The average Bonchev–Trinajstić information content (AvgIpc) is 3.09. The summed E-state index contributed by atoms with van der Waals surface area (Å²) in [5.74, 6) is 1.93. The number of tetrazole rings is 1. The molecule has 3 aromatic rings. The van der Waals surface area contributed by atoms with E-state index in [4.69, 9.17) is 4.52 Å².